The lowest BCUT2D eigenvalue weighted by Crippen LogP contribution is -2.27. The summed E-state index contributed by atoms with van der Waals surface area (Å²) >= 11 is 8.27. The molecule has 3 nitrogen and oxygen atoms in total. The highest BCUT2D eigenvalue weighted by Crippen LogP contribution is 2.44. The number of carbonyl (C=O) groups is 1. The van der Waals surface area contributed by atoms with E-state index in [1.165, 1.54) is 22.3 Å². The number of thioether (sulfide) groups is 2. The number of anilines is 1. The molecule has 0 radical (unpaired) electrons. The number of carbonyl (C=O) groups excluding carboxylic acids is 1. The van der Waals surface area contributed by atoms with Gasteiger partial charge in [0.05, 0.1) is 15.6 Å². The van der Waals surface area contributed by atoms with Crippen molar-refractivity contribution in [2.24, 2.45) is 0 Å². The molecule has 22 heavy (non-hydrogen) atoms. The molecule has 0 bridgehead atoms. The number of allylic oxidation sites excluding steroid dienone is 2. The Morgan fingerprint density at radius 2 is 2.05 bits per heavy atom. The van der Waals surface area contributed by atoms with Gasteiger partial charge in [0.15, 0.2) is 0 Å². The number of para-hydroxylation sites is 1. The van der Waals surface area contributed by atoms with Crippen LogP contribution in [-0.2, 0) is 4.79 Å². The van der Waals surface area contributed by atoms with Gasteiger partial charge in [-0.2, -0.15) is 0 Å². The van der Waals surface area contributed by atoms with E-state index in [1.54, 1.807) is 22.7 Å². The maximum absolute atomic E-state index is 12.3. The molecule has 1 saturated heterocycles. The van der Waals surface area contributed by atoms with Crippen LogP contribution < -0.4 is 4.90 Å². The van der Waals surface area contributed by atoms with Gasteiger partial charge in [0.1, 0.15) is 4.32 Å². The molecule has 0 atom stereocenters. The third-order valence-corrected chi connectivity index (χ3v) is 5.91. The lowest BCUT2D eigenvalue weighted by molar-refractivity contribution is -0.121. The van der Waals surface area contributed by atoms with Crippen LogP contribution in [0.4, 0.5) is 5.69 Å². The number of benzene rings is 1. The highest BCUT2D eigenvalue weighted by molar-refractivity contribution is 8.26. The summed E-state index contributed by atoms with van der Waals surface area (Å²) in [5.41, 5.74) is 1.19. The van der Waals surface area contributed by atoms with Crippen LogP contribution in [0.1, 0.15) is 0 Å². The molecule has 0 aliphatic carbocycles. The molecule has 112 valence electrons. The van der Waals surface area contributed by atoms with Gasteiger partial charge < -0.3 is 4.90 Å². The number of fused-ring (bicyclic) bond motifs is 1. The molecule has 2 heterocycles. The highest BCUT2D eigenvalue weighted by Gasteiger charge is 2.30. The Labute approximate surface area is 143 Å². The minimum atomic E-state index is -0.0464. The first-order valence-electron chi connectivity index (χ1n) is 6.69. The zero-order valence-corrected chi connectivity index (χ0v) is 14.4. The topological polar surface area (TPSA) is 23.6 Å². The van der Waals surface area contributed by atoms with Crippen LogP contribution in [0, 0.1) is 0 Å². The van der Waals surface area contributed by atoms with Gasteiger partial charge in [0.2, 0.25) is 0 Å². The number of amides is 1. The second-order valence-electron chi connectivity index (χ2n) is 4.74. The third kappa shape index (κ3) is 2.74. The normalized spacial score (nSPS) is 21.1. The molecule has 0 spiro atoms. The van der Waals surface area contributed by atoms with Crippen LogP contribution in [0.25, 0.3) is 0 Å². The molecule has 2 aliphatic rings. The Bertz CT molecular complexity index is 724. The first-order valence-corrected chi connectivity index (χ1v) is 8.73. The summed E-state index contributed by atoms with van der Waals surface area (Å²) in [6.45, 7) is 4.11. The van der Waals surface area contributed by atoms with E-state index in [9.17, 15) is 4.79 Å². The quantitative estimate of drug-likeness (QED) is 0.468. The van der Waals surface area contributed by atoms with Crippen molar-refractivity contribution in [3.05, 3.63) is 59.0 Å². The summed E-state index contributed by atoms with van der Waals surface area (Å²) in [7, 11) is 2.03. The maximum atomic E-state index is 12.3. The number of hydrogen-bond acceptors (Lipinski definition) is 5. The average Bonchev–Trinajstić information content (AvgIpc) is 2.98. The second-order valence-corrected chi connectivity index (χ2v) is 7.48. The minimum Gasteiger partial charge on any atom is -0.338 e. The van der Waals surface area contributed by atoms with Gasteiger partial charge in [-0.15, -0.1) is 6.58 Å². The summed E-state index contributed by atoms with van der Waals surface area (Å²) in [5.74, 6) is -0.0464. The first kappa shape index (κ1) is 15.4. The van der Waals surface area contributed by atoms with E-state index in [-0.39, 0.29) is 5.91 Å². The third-order valence-electron chi connectivity index (χ3n) is 3.33. The minimum absolute atomic E-state index is 0.0464. The zero-order chi connectivity index (χ0) is 15.7. The Balaban J connectivity index is 1.82. The van der Waals surface area contributed by atoms with E-state index in [0.717, 1.165) is 5.03 Å². The molecule has 1 aromatic rings. The second kappa shape index (κ2) is 6.32. The van der Waals surface area contributed by atoms with E-state index in [2.05, 4.69) is 23.6 Å². The fourth-order valence-corrected chi connectivity index (χ4v) is 4.48. The van der Waals surface area contributed by atoms with Crippen molar-refractivity contribution in [2.75, 3.05) is 18.5 Å². The Morgan fingerprint density at radius 1 is 1.27 bits per heavy atom. The van der Waals surface area contributed by atoms with Crippen molar-refractivity contribution >= 4 is 51.7 Å². The zero-order valence-electron chi connectivity index (χ0n) is 12.0. The molecular formula is C16H14N2OS3. The van der Waals surface area contributed by atoms with Crippen LogP contribution in [0.5, 0.6) is 0 Å². The van der Waals surface area contributed by atoms with E-state index in [4.69, 9.17) is 12.2 Å². The SMILES string of the molecule is C=CCN1C(=O)/C(=C\C=C2/Sc3ccccc3N2C)SC1=S. The highest BCUT2D eigenvalue weighted by atomic mass is 32.2. The van der Waals surface area contributed by atoms with Crippen molar-refractivity contribution in [1.82, 2.24) is 4.90 Å². The van der Waals surface area contributed by atoms with Gasteiger partial charge in [0.25, 0.3) is 5.91 Å². The van der Waals surface area contributed by atoms with Crippen molar-refractivity contribution in [3.63, 3.8) is 0 Å². The fourth-order valence-electron chi connectivity index (χ4n) is 2.21. The summed E-state index contributed by atoms with van der Waals surface area (Å²) in [6, 6.07) is 8.25. The fraction of sp³-hybridized carbons (Fsp3) is 0.125. The average molecular weight is 347 g/mol. The number of hydrogen-bond donors (Lipinski definition) is 0. The number of rotatable bonds is 3. The molecule has 0 saturated carbocycles. The molecule has 3 rings (SSSR count). The molecule has 6 heteroatoms. The predicted octanol–water partition coefficient (Wildman–Crippen LogP) is 4.00. The van der Waals surface area contributed by atoms with Gasteiger partial charge in [-0.25, -0.2) is 0 Å². The van der Waals surface area contributed by atoms with Crippen LogP contribution in [-0.4, -0.2) is 28.7 Å². The van der Waals surface area contributed by atoms with Crippen molar-refractivity contribution in [1.29, 1.82) is 0 Å². The standard InChI is InChI=1S/C16H14N2OS3/c1-3-10-18-15(19)13(22-16(18)20)8-9-14-17(2)11-6-4-5-7-12(11)21-14/h3-9H,1,10H2,2H3/b13-8+,14-9-. The molecule has 0 aromatic heterocycles. The Kier molecular flexibility index (Phi) is 4.42. The number of thiocarbonyl (C=S) groups is 1. The molecule has 1 amide bonds. The Hall–Kier alpha value is -1.50. The molecule has 1 aromatic carbocycles. The van der Waals surface area contributed by atoms with Gasteiger partial charge in [0, 0.05) is 18.5 Å². The van der Waals surface area contributed by atoms with Crippen LogP contribution >= 0.6 is 35.7 Å². The number of nitrogens with zero attached hydrogens (tertiary/aromatic N) is 2. The molecule has 0 unspecified atom stereocenters. The van der Waals surface area contributed by atoms with Crippen LogP contribution in [0.2, 0.25) is 0 Å². The van der Waals surface area contributed by atoms with Crippen molar-refractivity contribution in [3.8, 4) is 0 Å². The van der Waals surface area contributed by atoms with Gasteiger partial charge >= 0.3 is 0 Å². The van der Waals surface area contributed by atoms with Gasteiger partial charge in [-0.3, -0.25) is 9.69 Å². The molecule has 0 N–H and O–H groups in total. The summed E-state index contributed by atoms with van der Waals surface area (Å²) in [4.78, 5) is 17.8. The van der Waals surface area contributed by atoms with E-state index in [0.29, 0.717) is 15.8 Å². The summed E-state index contributed by atoms with van der Waals surface area (Å²) < 4.78 is 0.588. The first-order chi connectivity index (χ1) is 10.6. The summed E-state index contributed by atoms with van der Waals surface area (Å²) in [6.07, 6.45) is 5.52. The smallest absolute Gasteiger partial charge is 0.266 e. The van der Waals surface area contributed by atoms with Gasteiger partial charge in [-0.1, -0.05) is 54.0 Å². The van der Waals surface area contributed by atoms with Crippen LogP contribution in [0.3, 0.4) is 0 Å². The molecule has 1 fully saturated rings. The summed E-state index contributed by atoms with van der Waals surface area (Å²) in [5, 5.41) is 1.09. The van der Waals surface area contributed by atoms with E-state index in [1.807, 2.05) is 31.3 Å². The monoisotopic (exact) mass is 346 g/mol. The lowest BCUT2D eigenvalue weighted by atomic mass is 10.3. The van der Waals surface area contributed by atoms with Crippen molar-refractivity contribution in [2.45, 2.75) is 4.90 Å². The maximum Gasteiger partial charge on any atom is 0.266 e. The predicted molar refractivity (Wildman–Crippen MR) is 99.0 cm³/mol. The Morgan fingerprint density at radius 3 is 2.77 bits per heavy atom. The van der Waals surface area contributed by atoms with Crippen LogP contribution in [0.15, 0.2) is 63.9 Å². The lowest BCUT2D eigenvalue weighted by Gasteiger charge is -2.12. The van der Waals surface area contributed by atoms with E-state index < -0.39 is 0 Å². The largest absolute Gasteiger partial charge is 0.338 e. The van der Waals surface area contributed by atoms with E-state index >= 15 is 0 Å². The van der Waals surface area contributed by atoms with Gasteiger partial charge in [-0.05, 0) is 24.3 Å². The molecule has 2 aliphatic heterocycles. The molecular weight excluding hydrogens is 332 g/mol. The van der Waals surface area contributed by atoms with Crippen molar-refractivity contribution < 1.29 is 4.79 Å².